The Bertz CT molecular complexity index is 832. The molecule has 3 aromatic rings. The minimum absolute atomic E-state index is 0.208. The van der Waals surface area contributed by atoms with E-state index in [2.05, 4.69) is 15.1 Å². The minimum Gasteiger partial charge on any atom is -0.451 e. The molecule has 0 fully saturated rings. The van der Waals surface area contributed by atoms with E-state index < -0.39 is 0 Å². The zero-order chi connectivity index (χ0) is 15.1. The highest BCUT2D eigenvalue weighted by molar-refractivity contribution is 5.85. The predicted octanol–water partition coefficient (Wildman–Crippen LogP) is 2.50. The first-order valence-corrected chi connectivity index (χ1v) is 6.71. The summed E-state index contributed by atoms with van der Waals surface area (Å²) in [6.45, 7) is 1.83. The van der Waals surface area contributed by atoms with E-state index in [1.807, 2.05) is 25.1 Å². The van der Waals surface area contributed by atoms with Crippen LogP contribution in [0.3, 0.4) is 0 Å². The maximum absolute atomic E-state index is 5.90. The molecule has 4 rings (SSSR count). The van der Waals surface area contributed by atoms with Gasteiger partial charge in [0.05, 0.1) is 11.3 Å². The summed E-state index contributed by atoms with van der Waals surface area (Å²) in [5.41, 5.74) is 8.59. The van der Waals surface area contributed by atoms with Crippen LogP contribution in [-0.2, 0) is 0 Å². The third kappa shape index (κ3) is 1.95. The van der Waals surface area contributed by atoms with Gasteiger partial charge in [0, 0.05) is 18.7 Å². The number of hydrogen-bond acceptors (Lipinski definition) is 7. The summed E-state index contributed by atoms with van der Waals surface area (Å²) >= 11 is 0. The van der Waals surface area contributed by atoms with Crippen molar-refractivity contribution in [3.05, 3.63) is 36.8 Å². The molecule has 1 aliphatic rings. The van der Waals surface area contributed by atoms with Gasteiger partial charge in [-0.1, -0.05) is 5.16 Å². The zero-order valence-electron chi connectivity index (χ0n) is 11.7. The molecule has 1 atom stereocenters. The second kappa shape index (κ2) is 4.73. The van der Waals surface area contributed by atoms with Gasteiger partial charge in [-0.05, 0) is 24.3 Å². The van der Waals surface area contributed by atoms with E-state index in [9.17, 15) is 0 Å². The lowest BCUT2D eigenvalue weighted by Gasteiger charge is -2.03. The minimum atomic E-state index is -0.297. The van der Waals surface area contributed by atoms with Crippen LogP contribution in [-0.4, -0.2) is 21.4 Å². The van der Waals surface area contributed by atoms with Crippen LogP contribution in [0.15, 0.2) is 41.3 Å². The number of nitrogen functional groups attached to an aromatic ring is 1. The Hall–Kier alpha value is -3.09. The number of fused-ring (bicyclic) bond motifs is 1. The lowest BCUT2D eigenvalue weighted by molar-refractivity contribution is 0.0679. The monoisotopic (exact) mass is 296 g/mol. The number of ether oxygens (including phenoxy) is 2. The highest BCUT2D eigenvalue weighted by Crippen LogP contribution is 2.41. The maximum atomic E-state index is 5.90. The van der Waals surface area contributed by atoms with Crippen LogP contribution in [0, 0.1) is 0 Å². The fourth-order valence-electron chi connectivity index (χ4n) is 2.41. The van der Waals surface area contributed by atoms with E-state index in [1.165, 1.54) is 6.33 Å². The topological polar surface area (TPSA) is 96.3 Å². The molecule has 2 N–H and O–H groups in total. The summed E-state index contributed by atoms with van der Waals surface area (Å²) in [7, 11) is 0. The van der Waals surface area contributed by atoms with Crippen LogP contribution in [0.1, 0.15) is 6.92 Å². The lowest BCUT2D eigenvalue weighted by atomic mass is 10.0. The van der Waals surface area contributed by atoms with Crippen LogP contribution in [0.4, 0.5) is 5.88 Å². The molecule has 1 unspecified atom stereocenters. The lowest BCUT2D eigenvalue weighted by Crippen LogP contribution is -2.11. The molecular formula is C15H12N4O3. The van der Waals surface area contributed by atoms with Gasteiger partial charge in [-0.2, -0.15) is 0 Å². The molecule has 0 bridgehead atoms. The fraction of sp³-hybridized carbons (Fsp3) is 0.133. The van der Waals surface area contributed by atoms with E-state index in [0.29, 0.717) is 28.5 Å². The van der Waals surface area contributed by atoms with E-state index in [4.69, 9.17) is 19.7 Å². The summed E-state index contributed by atoms with van der Waals surface area (Å²) in [5, 5.41) is 4.05. The Balaban J connectivity index is 1.84. The van der Waals surface area contributed by atoms with Crippen molar-refractivity contribution in [2.45, 2.75) is 13.2 Å². The van der Waals surface area contributed by atoms with Crippen molar-refractivity contribution in [2.75, 3.05) is 5.73 Å². The third-order valence-corrected chi connectivity index (χ3v) is 3.36. The molecule has 110 valence electrons. The molecule has 1 aromatic carbocycles. The van der Waals surface area contributed by atoms with Crippen LogP contribution < -0.4 is 15.2 Å². The van der Waals surface area contributed by atoms with E-state index in [1.54, 1.807) is 12.3 Å². The average Bonchev–Trinajstić information content (AvgIpc) is 3.09. The molecule has 1 aliphatic heterocycles. The van der Waals surface area contributed by atoms with Gasteiger partial charge in [-0.15, -0.1) is 0 Å². The smallest absolute Gasteiger partial charge is 0.238 e. The highest BCUT2D eigenvalue weighted by Gasteiger charge is 2.23. The van der Waals surface area contributed by atoms with Crippen molar-refractivity contribution in [1.29, 1.82) is 0 Å². The van der Waals surface area contributed by atoms with E-state index in [-0.39, 0.29) is 12.2 Å². The van der Waals surface area contributed by atoms with Crippen molar-refractivity contribution >= 4 is 5.88 Å². The van der Waals surface area contributed by atoms with Crippen molar-refractivity contribution in [1.82, 2.24) is 15.1 Å². The largest absolute Gasteiger partial charge is 0.451 e. The van der Waals surface area contributed by atoms with Crippen LogP contribution in [0.5, 0.6) is 11.5 Å². The molecular weight excluding hydrogens is 284 g/mol. The molecule has 3 heterocycles. The summed E-state index contributed by atoms with van der Waals surface area (Å²) in [6.07, 6.45) is 2.79. The van der Waals surface area contributed by atoms with Crippen LogP contribution in [0.2, 0.25) is 0 Å². The number of anilines is 1. The molecule has 0 saturated heterocycles. The summed E-state index contributed by atoms with van der Waals surface area (Å²) in [6, 6.07) is 7.31. The maximum Gasteiger partial charge on any atom is 0.238 e. The molecule has 0 amide bonds. The Kier molecular flexibility index (Phi) is 2.72. The van der Waals surface area contributed by atoms with Crippen molar-refractivity contribution < 1.29 is 14.0 Å². The zero-order valence-corrected chi connectivity index (χ0v) is 11.7. The van der Waals surface area contributed by atoms with Crippen molar-refractivity contribution in [3.8, 4) is 34.0 Å². The van der Waals surface area contributed by atoms with Crippen molar-refractivity contribution in [2.24, 2.45) is 0 Å². The second-order valence-electron chi connectivity index (χ2n) is 4.83. The van der Waals surface area contributed by atoms with E-state index in [0.717, 1.165) is 5.56 Å². The fourth-order valence-corrected chi connectivity index (χ4v) is 2.41. The number of nitrogens with zero attached hydrogens (tertiary/aromatic N) is 3. The molecule has 2 aromatic heterocycles. The Morgan fingerprint density at radius 3 is 2.82 bits per heavy atom. The Morgan fingerprint density at radius 2 is 2.00 bits per heavy atom. The van der Waals surface area contributed by atoms with Crippen molar-refractivity contribution in [3.63, 3.8) is 0 Å². The number of rotatable bonds is 2. The second-order valence-corrected chi connectivity index (χ2v) is 4.83. The van der Waals surface area contributed by atoms with Gasteiger partial charge in [0.15, 0.2) is 11.5 Å². The quantitative estimate of drug-likeness (QED) is 0.776. The standard InChI is InChI=1S/C15H12N4O3/c1-8-20-11-3-2-9(6-12(11)21-8)14-13(15(16)22-19-14)10-4-5-17-7-18-10/h2-8H,16H2,1H3. The predicted molar refractivity (Wildman–Crippen MR) is 78.1 cm³/mol. The Labute approximate surface area is 125 Å². The Morgan fingerprint density at radius 1 is 1.14 bits per heavy atom. The summed E-state index contributed by atoms with van der Waals surface area (Å²) in [4.78, 5) is 8.11. The molecule has 0 spiro atoms. The van der Waals surface area contributed by atoms with Gasteiger partial charge in [-0.3, -0.25) is 0 Å². The normalized spacial score (nSPS) is 16.0. The van der Waals surface area contributed by atoms with Gasteiger partial charge in [0.1, 0.15) is 12.0 Å². The number of benzene rings is 1. The summed E-state index contributed by atoms with van der Waals surface area (Å²) < 4.78 is 16.2. The highest BCUT2D eigenvalue weighted by atomic mass is 16.7. The molecule has 0 saturated carbocycles. The number of nitrogens with two attached hydrogens (primary N) is 1. The van der Waals surface area contributed by atoms with Crippen LogP contribution >= 0.6 is 0 Å². The molecule has 0 aliphatic carbocycles. The molecule has 22 heavy (non-hydrogen) atoms. The number of hydrogen-bond donors (Lipinski definition) is 1. The van der Waals surface area contributed by atoms with Crippen LogP contribution in [0.25, 0.3) is 22.5 Å². The van der Waals surface area contributed by atoms with Gasteiger partial charge in [0.25, 0.3) is 0 Å². The van der Waals surface area contributed by atoms with E-state index >= 15 is 0 Å². The molecule has 0 radical (unpaired) electrons. The SMILES string of the molecule is CC1Oc2ccc(-c3noc(N)c3-c3ccncn3)cc2O1. The third-order valence-electron chi connectivity index (χ3n) is 3.36. The number of aromatic nitrogens is 3. The molecule has 7 nitrogen and oxygen atoms in total. The van der Waals surface area contributed by atoms with Gasteiger partial charge in [-0.25, -0.2) is 9.97 Å². The first kappa shape index (κ1) is 12.6. The van der Waals surface area contributed by atoms with Gasteiger partial charge >= 0.3 is 0 Å². The average molecular weight is 296 g/mol. The first-order chi connectivity index (χ1) is 10.7. The van der Waals surface area contributed by atoms with Gasteiger partial charge < -0.3 is 19.7 Å². The summed E-state index contributed by atoms with van der Waals surface area (Å²) in [5.74, 6) is 1.58. The van der Waals surface area contributed by atoms with Gasteiger partial charge in [0.2, 0.25) is 12.2 Å². The first-order valence-electron chi connectivity index (χ1n) is 6.71. The molecule has 7 heteroatoms.